The first-order chi connectivity index (χ1) is 5.22. The normalized spacial score (nSPS) is 22.3. The highest BCUT2D eigenvalue weighted by Crippen LogP contribution is 2.04. The molecule has 1 rings (SSSR count). The van der Waals surface area contributed by atoms with Crippen molar-refractivity contribution in [2.45, 2.75) is 46.1 Å². The molecule has 0 saturated carbocycles. The maximum absolute atomic E-state index is 10.6. The molecule has 1 aliphatic rings. The Morgan fingerprint density at radius 2 is 2.18 bits per heavy atom. The van der Waals surface area contributed by atoms with Crippen molar-refractivity contribution in [3.8, 4) is 0 Å². The second-order valence-corrected chi connectivity index (χ2v) is 2.97. The van der Waals surface area contributed by atoms with Crippen molar-refractivity contribution in [1.29, 1.82) is 0 Å². The van der Waals surface area contributed by atoms with Gasteiger partial charge in [-0.25, -0.2) is 0 Å². The molecule has 1 unspecified atom stereocenters. The smallest absolute Gasteiger partial charge is 0.146 e. The van der Waals surface area contributed by atoms with Crippen LogP contribution in [-0.4, -0.2) is 18.4 Å². The first kappa shape index (κ1) is 10.6. The van der Waals surface area contributed by atoms with Gasteiger partial charge in [0, 0.05) is 1.43 Å². The summed E-state index contributed by atoms with van der Waals surface area (Å²) in [5.74, 6) is 0.280. The molecule has 0 radical (unpaired) electrons. The predicted molar refractivity (Wildman–Crippen MR) is 49.8 cm³/mol. The van der Waals surface area contributed by atoms with Crippen LogP contribution >= 0.6 is 0 Å². The highest BCUT2D eigenvalue weighted by Gasteiger charge is 2.17. The number of hydrogen-bond donors (Lipinski definition) is 1. The fourth-order valence-corrected chi connectivity index (χ4v) is 1.03. The lowest BCUT2D eigenvalue weighted by Gasteiger charge is -2.01. The Morgan fingerprint density at radius 1 is 1.64 bits per heavy atom. The molecule has 2 nitrogen and oxygen atoms in total. The van der Waals surface area contributed by atoms with E-state index in [4.69, 9.17) is 0 Å². The molecule has 0 aliphatic carbocycles. The van der Waals surface area contributed by atoms with Gasteiger partial charge in [-0.3, -0.25) is 4.79 Å². The van der Waals surface area contributed by atoms with Crippen molar-refractivity contribution in [1.82, 2.24) is 5.32 Å². The highest BCUT2D eigenvalue weighted by atomic mass is 16.1. The number of carbonyl (C=O) groups excluding carboxylic acids is 1. The molecule has 0 amide bonds. The van der Waals surface area contributed by atoms with Crippen molar-refractivity contribution in [2.75, 3.05) is 6.54 Å². The monoisotopic (exact) mass is 159 g/mol. The molecule has 1 saturated heterocycles. The average Bonchev–Trinajstić information content (AvgIpc) is 2.38. The topological polar surface area (TPSA) is 29.1 Å². The Morgan fingerprint density at radius 3 is 2.36 bits per heavy atom. The van der Waals surface area contributed by atoms with Crippen LogP contribution in [0.15, 0.2) is 0 Å². The van der Waals surface area contributed by atoms with Gasteiger partial charge in [0.05, 0.1) is 6.04 Å². The van der Waals surface area contributed by atoms with Crippen molar-refractivity contribution in [2.24, 2.45) is 0 Å². The van der Waals surface area contributed by atoms with Gasteiger partial charge >= 0.3 is 0 Å². The van der Waals surface area contributed by atoms with Crippen LogP contribution in [-0.2, 0) is 4.79 Å². The number of hydrogen-bond acceptors (Lipinski definition) is 2. The summed E-state index contributed by atoms with van der Waals surface area (Å²) in [7, 11) is 0. The van der Waals surface area contributed by atoms with E-state index in [1.165, 1.54) is 6.42 Å². The van der Waals surface area contributed by atoms with Crippen molar-refractivity contribution in [3.63, 3.8) is 0 Å². The molecule has 68 valence electrons. The fourth-order valence-electron chi connectivity index (χ4n) is 1.03. The summed E-state index contributed by atoms with van der Waals surface area (Å²) in [5.41, 5.74) is 0. The Hall–Kier alpha value is -0.370. The summed E-state index contributed by atoms with van der Waals surface area (Å²) in [6.45, 7) is 6.91. The van der Waals surface area contributed by atoms with Crippen molar-refractivity contribution in [3.05, 3.63) is 0 Å². The molecular weight excluding hydrogens is 138 g/mol. The molecule has 1 N–H and O–H groups in total. The predicted octanol–water partition coefficient (Wildman–Crippen LogP) is 1.99. The van der Waals surface area contributed by atoms with Gasteiger partial charge in [-0.1, -0.05) is 20.3 Å². The van der Waals surface area contributed by atoms with Gasteiger partial charge in [-0.2, -0.15) is 0 Å². The van der Waals surface area contributed by atoms with E-state index in [1.807, 2.05) is 0 Å². The summed E-state index contributed by atoms with van der Waals surface area (Å²) in [4.78, 5) is 10.6. The number of carbonyl (C=O) groups is 1. The molecular formula is C9H21NO. The Bertz CT molecular complexity index is 111. The fraction of sp³-hybridized carbons (Fsp3) is 0.889. The molecule has 1 aliphatic heterocycles. The standard InChI is InChI=1S/C6H11NO.C3H8.H2/c1-5(8)6-3-2-4-7-6;1-3-2;/h6-7H,2-4H2,1H3;3H2,1-2H3;1H. The second-order valence-electron chi connectivity index (χ2n) is 2.97. The van der Waals surface area contributed by atoms with Gasteiger partial charge in [0.1, 0.15) is 5.78 Å². The molecule has 0 spiro atoms. The van der Waals surface area contributed by atoms with Gasteiger partial charge in [0.15, 0.2) is 0 Å². The van der Waals surface area contributed by atoms with E-state index in [9.17, 15) is 4.79 Å². The minimum atomic E-state index is 0. The SMILES string of the molecule is CC(=O)C1CCCN1.CCC.[HH]. The van der Waals surface area contributed by atoms with Crippen LogP contribution in [0.5, 0.6) is 0 Å². The summed E-state index contributed by atoms with van der Waals surface area (Å²) in [6.07, 6.45) is 3.44. The number of ketones is 1. The largest absolute Gasteiger partial charge is 0.307 e. The molecule has 1 atom stereocenters. The third-order valence-electron chi connectivity index (χ3n) is 1.55. The van der Waals surface area contributed by atoms with E-state index in [1.54, 1.807) is 6.92 Å². The van der Waals surface area contributed by atoms with Crippen LogP contribution < -0.4 is 5.32 Å². The van der Waals surface area contributed by atoms with E-state index in [2.05, 4.69) is 19.2 Å². The summed E-state index contributed by atoms with van der Waals surface area (Å²) in [5, 5.41) is 3.11. The summed E-state index contributed by atoms with van der Waals surface area (Å²) in [6, 6.07) is 0.176. The number of Topliss-reactive ketones (excluding diaryl/α,β-unsaturated/α-hetero) is 1. The van der Waals surface area contributed by atoms with E-state index in [0.717, 1.165) is 19.4 Å². The quantitative estimate of drug-likeness (QED) is 0.634. The average molecular weight is 159 g/mol. The lowest BCUT2D eigenvalue weighted by Crippen LogP contribution is -2.28. The van der Waals surface area contributed by atoms with E-state index >= 15 is 0 Å². The Balaban J connectivity index is 0. The first-order valence-electron chi connectivity index (χ1n) is 4.46. The summed E-state index contributed by atoms with van der Waals surface area (Å²) >= 11 is 0. The van der Waals surface area contributed by atoms with Crippen LogP contribution in [0.4, 0.5) is 0 Å². The molecule has 1 heterocycles. The Labute approximate surface area is 70.9 Å². The molecule has 1 fully saturated rings. The van der Waals surface area contributed by atoms with E-state index < -0.39 is 0 Å². The lowest BCUT2D eigenvalue weighted by molar-refractivity contribution is -0.118. The van der Waals surface area contributed by atoms with E-state index in [-0.39, 0.29) is 13.3 Å². The highest BCUT2D eigenvalue weighted by molar-refractivity contribution is 5.81. The van der Waals surface area contributed by atoms with Gasteiger partial charge < -0.3 is 5.32 Å². The second kappa shape index (κ2) is 6.35. The lowest BCUT2D eigenvalue weighted by atomic mass is 10.2. The third kappa shape index (κ3) is 4.96. The van der Waals surface area contributed by atoms with Crippen LogP contribution in [0.2, 0.25) is 0 Å². The third-order valence-corrected chi connectivity index (χ3v) is 1.55. The molecule has 0 aromatic carbocycles. The van der Waals surface area contributed by atoms with Gasteiger partial charge in [-0.05, 0) is 26.3 Å². The Kier molecular flexibility index (Phi) is 6.13. The minimum Gasteiger partial charge on any atom is -0.307 e. The molecule has 0 bridgehead atoms. The van der Waals surface area contributed by atoms with Gasteiger partial charge in [-0.15, -0.1) is 0 Å². The van der Waals surface area contributed by atoms with Crippen molar-refractivity contribution >= 4 is 5.78 Å². The molecule has 0 aromatic rings. The number of nitrogens with one attached hydrogen (secondary N) is 1. The first-order valence-corrected chi connectivity index (χ1v) is 4.46. The minimum absolute atomic E-state index is 0. The van der Waals surface area contributed by atoms with Crippen LogP contribution in [0.1, 0.15) is 41.5 Å². The van der Waals surface area contributed by atoms with Crippen molar-refractivity contribution < 1.29 is 6.22 Å². The maximum Gasteiger partial charge on any atom is 0.146 e. The number of rotatable bonds is 1. The van der Waals surface area contributed by atoms with Crippen LogP contribution in [0.25, 0.3) is 0 Å². The zero-order chi connectivity index (χ0) is 8.69. The van der Waals surface area contributed by atoms with Crippen LogP contribution in [0.3, 0.4) is 0 Å². The molecule has 11 heavy (non-hydrogen) atoms. The molecule has 0 aromatic heterocycles. The zero-order valence-corrected chi connectivity index (χ0v) is 7.81. The maximum atomic E-state index is 10.6. The molecule has 2 heteroatoms. The summed E-state index contributed by atoms with van der Waals surface area (Å²) < 4.78 is 0. The van der Waals surface area contributed by atoms with E-state index in [0.29, 0.717) is 0 Å². The van der Waals surface area contributed by atoms with Crippen LogP contribution in [0, 0.1) is 0 Å². The van der Waals surface area contributed by atoms with Gasteiger partial charge in [0.2, 0.25) is 0 Å². The zero-order valence-electron chi connectivity index (χ0n) is 7.81. The van der Waals surface area contributed by atoms with Gasteiger partial charge in [0.25, 0.3) is 0 Å².